The Morgan fingerprint density at radius 1 is 1.39 bits per heavy atom. The Morgan fingerprint density at radius 2 is 2.04 bits per heavy atom. The molecule has 2 rings (SSSR count). The predicted molar refractivity (Wildman–Crippen MR) is 86.6 cm³/mol. The maximum atomic E-state index is 12.0. The van der Waals surface area contributed by atoms with E-state index in [4.69, 9.17) is 15.7 Å². The normalized spacial score (nSPS) is 11.1. The fraction of sp³-hybridized carbons (Fsp3) is 0.294. The van der Waals surface area contributed by atoms with Crippen molar-refractivity contribution in [2.75, 3.05) is 12.8 Å². The number of aromatic hydroxyl groups is 1. The first kappa shape index (κ1) is 16.4. The number of methoxy groups -OCH3 is 1. The number of ether oxygens (including phenoxy) is 1. The number of nitrogens with zero attached hydrogens (tertiary/aromatic N) is 2. The van der Waals surface area contributed by atoms with E-state index in [0.717, 1.165) is 5.56 Å². The summed E-state index contributed by atoms with van der Waals surface area (Å²) in [5, 5.41) is 19.4. The van der Waals surface area contributed by atoms with E-state index in [1.165, 1.54) is 17.9 Å². The maximum Gasteiger partial charge on any atom is 0.357 e. The third-order valence-corrected chi connectivity index (χ3v) is 3.64. The molecule has 0 radical (unpaired) electrons. The molecule has 0 unspecified atom stereocenters. The first-order valence-electron chi connectivity index (χ1n) is 7.03. The summed E-state index contributed by atoms with van der Waals surface area (Å²) in [5.41, 5.74) is 7.25. The Bertz CT molecular complexity index is 808. The second kappa shape index (κ2) is 5.69. The minimum absolute atomic E-state index is 0.0189. The molecule has 0 aliphatic rings. The molecule has 3 N–H and O–H groups in total. The lowest BCUT2D eigenvalue weighted by Crippen LogP contribution is -2.14. The molecule has 1 aromatic carbocycles. The van der Waals surface area contributed by atoms with Gasteiger partial charge in [0, 0.05) is 6.20 Å². The lowest BCUT2D eigenvalue weighted by molar-refractivity contribution is 0.0593. The highest BCUT2D eigenvalue weighted by Crippen LogP contribution is 2.33. The van der Waals surface area contributed by atoms with Gasteiger partial charge in [-0.15, -0.1) is 0 Å². The van der Waals surface area contributed by atoms with Crippen LogP contribution in [0.4, 0.5) is 5.69 Å². The number of anilines is 1. The zero-order chi connectivity index (χ0) is 17.4. The Morgan fingerprint density at radius 3 is 2.57 bits per heavy atom. The van der Waals surface area contributed by atoms with Gasteiger partial charge in [0.2, 0.25) is 0 Å². The first-order chi connectivity index (χ1) is 10.7. The van der Waals surface area contributed by atoms with Crippen LogP contribution >= 0.6 is 0 Å². The van der Waals surface area contributed by atoms with Gasteiger partial charge in [-0.05, 0) is 23.1 Å². The molecule has 6 nitrogen and oxygen atoms in total. The van der Waals surface area contributed by atoms with Crippen LogP contribution in [0.5, 0.6) is 5.75 Å². The predicted octanol–water partition coefficient (Wildman–Crippen LogP) is 2.72. The number of phenolic OH excluding ortho intramolecular Hbond substituents is 1. The van der Waals surface area contributed by atoms with Crippen LogP contribution in [0.2, 0.25) is 0 Å². The molecular weight excluding hydrogens is 294 g/mol. The number of carbonyl (C=O) groups excluding carboxylic acids is 1. The van der Waals surface area contributed by atoms with E-state index in [2.05, 4.69) is 0 Å². The Balaban J connectivity index is 2.77. The molecule has 0 bridgehead atoms. The van der Waals surface area contributed by atoms with Gasteiger partial charge >= 0.3 is 5.97 Å². The van der Waals surface area contributed by atoms with Gasteiger partial charge in [0.25, 0.3) is 0 Å². The van der Waals surface area contributed by atoms with Crippen LogP contribution in [0.3, 0.4) is 0 Å². The van der Waals surface area contributed by atoms with Crippen molar-refractivity contribution < 1.29 is 14.6 Å². The number of nitriles is 1. The third kappa shape index (κ3) is 2.86. The second-order valence-corrected chi connectivity index (χ2v) is 6.23. The SMILES string of the molecule is COC(=O)c1c(N)c(C#N)cn1-c1cc(C(C)(C)C)ccc1O. The number of rotatable bonds is 2. The number of benzene rings is 1. The van der Waals surface area contributed by atoms with Gasteiger partial charge in [-0.3, -0.25) is 0 Å². The van der Waals surface area contributed by atoms with Gasteiger partial charge < -0.3 is 20.1 Å². The van der Waals surface area contributed by atoms with E-state index in [1.807, 2.05) is 32.9 Å². The number of nitrogens with two attached hydrogens (primary N) is 1. The minimum Gasteiger partial charge on any atom is -0.506 e. The van der Waals surface area contributed by atoms with Crippen molar-refractivity contribution in [3.8, 4) is 17.5 Å². The number of hydrogen-bond acceptors (Lipinski definition) is 5. The first-order valence-corrected chi connectivity index (χ1v) is 7.03. The van der Waals surface area contributed by atoms with Gasteiger partial charge in [0.1, 0.15) is 11.8 Å². The minimum atomic E-state index is -0.676. The number of nitrogen functional groups attached to an aromatic ring is 1. The highest BCUT2D eigenvalue weighted by atomic mass is 16.5. The van der Waals surface area contributed by atoms with Crippen molar-refractivity contribution in [3.05, 3.63) is 41.2 Å². The summed E-state index contributed by atoms with van der Waals surface area (Å²) in [6.45, 7) is 6.11. The monoisotopic (exact) mass is 313 g/mol. The number of carbonyl (C=O) groups is 1. The molecule has 0 fully saturated rings. The van der Waals surface area contributed by atoms with Crippen LogP contribution in [-0.2, 0) is 10.2 Å². The molecule has 0 aliphatic carbocycles. The molecule has 0 saturated carbocycles. The Hall–Kier alpha value is -2.94. The number of hydrogen-bond donors (Lipinski definition) is 2. The summed E-state index contributed by atoms with van der Waals surface area (Å²) in [7, 11) is 1.23. The third-order valence-electron chi connectivity index (χ3n) is 3.64. The molecule has 0 amide bonds. The van der Waals surface area contributed by atoms with Gasteiger partial charge in [-0.2, -0.15) is 5.26 Å². The lowest BCUT2D eigenvalue weighted by atomic mass is 9.87. The van der Waals surface area contributed by atoms with Gasteiger partial charge in [0.15, 0.2) is 5.69 Å². The Kier molecular flexibility index (Phi) is 4.06. The van der Waals surface area contributed by atoms with Crippen molar-refractivity contribution >= 4 is 11.7 Å². The van der Waals surface area contributed by atoms with E-state index in [0.29, 0.717) is 5.69 Å². The number of phenols is 1. The molecular formula is C17H19N3O3. The summed E-state index contributed by atoms with van der Waals surface area (Å²) >= 11 is 0. The molecule has 0 atom stereocenters. The second-order valence-electron chi connectivity index (χ2n) is 6.23. The van der Waals surface area contributed by atoms with Gasteiger partial charge in [-0.25, -0.2) is 4.79 Å². The molecule has 0 saturated heterocycles. The van der Waals surface area contributed by atoms with E-state index in [1.54, 1.807) is 12.1 Å². The number of aromatic nitrogens is 1. The molecule has 1 aromatic heterocycles. The Labute approximate surface area is 134 Å². The van der Waals surface area contributed by atoms with Crippen molar-refractivity contribution in [2.45, 2.75) is 26.2 Å². The molecule has 23 heavy (non-hydrogen) atoms. The average Bonchev–Trinajstić information content (AvgIpc) is 2.82. The highest BCUT2D eigenvalue weighted by Gasteiger charge is 2.24. The fourth-order valence-corrected chi connectivity index (χ4v) is 2.29. The van der Waals surface area contributed by atoms with Crippen molar-refractivity contribution in [1.82, 2.24) is 4.57 Å². The standard InChI is InChI=1S/C17H19N3O3/c1-17(2,3)11-5-6-13(21)12(7-11)20-9-10(8-18)14(19)15(20)16(22)23-4/h5-7,9,21H,19H2,1-4H3. The van der Waals surface area contributed by atoms with Crippen LogP contribution < -0.4 is 5.73 Å². The van der Waals surface area contributed by atoms with Crippen LogP contribution in [0.1, 0.15) is 42.4 Å². The smallest absolute Gasteiger partial charge is 0.357 e. The van der Waals surface area contributed by atoms with Crippen LogP contribution in [0, 0.1) is 11.3 Å². The van der Waals surface area contributed by atoms with Crippen LogP contribution in [0.25, 0.3) is 5.69 Å². The molecule has 6 heteroatoms. The average molecular weight is 313 g/mol. The van der Waals surface area contributed by atoms with Crippen molar-refractivity contribution in [1.29, 1.82) is 5.26 Å². The molecule has 2 aromatic rings. The molecule has 0 aliphatic heterocycles. The largest absolute Gasteiger partial charge is 0.506 e. The maximum absolute atomic E-state index is 12.0. The van der Waals surface area contributed by atoms with E-state index >= 15 is 0 Å². The zero-order valence-corrected chi connectivity index (χ0v) is 13.5. The molecule has 0 spiro atoms. The quantitative estimate of drug-likeness (QED) is 0.830. The molecule has 120 valence electrons. The van der Waals surface area contributed by atoms with E-state index in [-0.39, 0.29) is 28.1 Å². The van der Waals surface area contributed by atoms with Crippen molar-refractivity contribution in [2.24, 2.45) is 0 Å². The summed E-state index contributed by atoms with van der Waals surface area (Å²) in [5.74, 6) is -0.702. The fourth-order valence-electron chi connectivity index (χ4n) is 2.29. The lowest BCUT2D eigenvalue weighted by Gasteiger charge is -2.21. The highest BCUT2D eigenvalue weighted by molar-refractivity contribution is 5.96. The summed E-state index contributed by atoms with van der Waals surface area (Å²) < 4.78 is 6.14. The topological polar surface area (TPSA) is 101 Å². The molecule has 1 heterocycles. The van der Waals surface area contributed by atoms with Crippen LogP contribution in [-0.4, -0.2) is 22.8 Å². The summed E-state index contributed by atoms with van der Waals surface area (Å²) in [4.78, 5) is 12.0. The van der Waals surface area contributed by atoms with E-state index < -0.39 is 5.97 Å². The summed E-state index contributed by atoms with van der Waals surface area (Å²) in [6.07, 6.45) is 1.42. The van der Waals surface area contributed by atoms with E-state index in [9.17, 15) is 9.90 Å². The zero-order valence-electron chi connectivity index (χ0n) is 13.5. The van der Waals surface area contributed by atoms with Crippen LogP contribution in [0.15, 0.2) is 24.4 Å². The van der Waals surface area contributed by atoms with Crippen molar-refractivity contribution in [3.63, 3.8) is 0 Å². The number of esters is 1. The summed E-state index contributed by atoms with van der Waals surface area (Å²) in [6, 6.07) is 7.07. The van der Waals surface area contributed by atoms with Gasteiger partial charge in [0.05, 0.1) is 24.0 Å². The van der Waals surface area contributed by atoms with Gasteiger partial charge in [-0.1, -0.05) is 26.8 Å².